The summed E-state index contributed by atoms with van der Waals surface area (Å²) < 4.78 is 0.980. The zero-order valence-electron chi connectivity index (χ0n) is 11.4. The standard InChI is InChI=1S/C15H22BrNO/c1-4-5-6-7-12(3)17-15(18)13-9-8-11(2)14(16)10-13/h8-10,12H,4-7H2,1-3H3,(H,17,18). The molecule has 1 rings (SSSR count). The highest BCUT2D eigenvalue weighted by molar-refractivity contribution is 9.10. The van der Waals surface area contributed by atoms with E-state index in [1.807, 2.05) is 25.1 Å². The molecular formula is C15H22BrNO. The van der Waals surface area contributed by atoms with Gasteiger partial charge in [0.1, 0.15) is 0 Å². The van der Waals surface area contributed by atoms with E-state index in [4.69, 9.17) is 0 Å². The van der Waals surface area contributed by atoms with Crippen molar-refractivity contribution in [2.75, 3.05) is 0 Å². The third kappa shape index (κ3) is 4.81. The summed E-state index contributed by atoms with van der Waals surface area (Å²) in [4.78, 5) is 12.0. The molecule has 1 unspecified atom stereocenters. The highest BCUT2D eigenvalue weighted by atomic mass is 79.9. The van der Waals surface area contributed by atoms with Gasteiger partial charge in [-0.05, 0) is 38.0 Å². The molecular weight excluding hydrogens is 290 g/mol. The van der Waals surface area contributed by atoms with Crippen LogP contribution in [0.2, 0.25) is 0 Å². The van der Waals surface area contributed by atoms with Crippen molar-refractivity contribution in [1.82, 2.24) is 5.32 Å². The Balaban J connectivity index is 2.51. The average Bonchev–Trinajstić information content (AvgIpc) is 2.33. The van der Waals surface area contributed by atoms with Crippen LogP contribution in [0.4, 0.5) is 0 Å². The van der Waals surface area contributed by atoms with Gasteiger partial charge >= 0.3 is 0 Å². The van der Waals surface area contributed by atoms with Crippen molar-refractivity contribution in [2.45, 2.75) is 52.5 Å². The zero-order valence-corrected chi connectivity index (χ0v) is 13.0. The van der Waals surface area contributed by atoms with Gasteiger partial charge in [0.2, 0.25) is 0 Å². The lowest BCUT2D eigenvalue weighted by Gasteiger charge is -2.14. The highest BCUT2D eigenvalue weighted by Gasteiger charge is 2.10. The first-order valence-corrected chi connectivity index (χ1v) is 7.41. The molecule has 1 aromatic carbocycles. The Morgan fingerprint density at radius 3 is 2.72 bits per heavy atom. The van der Waals surface area contributed by atoms with Crippen molar-refractivity contribution in [3.8, 4) is 0 Å². The third-order valence-electron chi connectivity index (χ3n) is 3.05. The van der Waals surface area contributed by atoms with Gasteiger partial charge in [-0.1, -0.05) is 48.2 Å². The van der Waals surface area contributed by atoms with Gasteiger partial charge in [-0.3, -0.25) is 4.79 Å². The van der Waals surface area contributed by atoms with Gasteiger partial charge in [-0.15, -0.1) is 0 Å². The summed E-state index contributed by atoms with van der Waals surface area (Å²) in [6, 6.07) is 5.95. The second-order valence-corrected chi connectivity index (χ2v) is 5.69. The number of benzene rings is 1. The lowest BCUT2D eigenvalue weighted by molar-refractivity contribution is 0.0938. The minimum atomic E-state index is 0.0136. The number of hydrogen-bond acceptors (Lipinski definition) is 1. The largest absolute Gasteiger partial charge is 0.350 e. The molecule has 1 atom stereocenters. The van der Waals surface area contributed by atoms with Crippen LogP contribution in [0.25, 0.3) is 0 Å². The Morgan fingerprint density at radius 1 is 1.39 bits per heavy atom. The lowest BCUT2D eigenvalue weighted by atomic mass is 10.1. The van der Waals surface area contributed by atoms with E-state index in [2.05, 4.69) is 35.1 Å². The fourth-order valence-corrected chi connectivity index (χ4v) is 2.19. The Kier molecular flexibility index (Phi) is 6.41. The van der Waals surface area contributed by atoms with Crippen molar-refractivity contribution in [2.24, 2.45) is 0 Å². The molecule has 0 radical (unpaired) electrons. The average molecular weight is 312 g/mol. The first-order valence-electron chi connectivity index (χ1n) is 6.61. The summed E-state index contributed by atoms with van der Waals surface area (Å²) in [6.07, 6.45) is 4.67. The third-order valence-corrected chi connectivity index (χ3v) is 3.91. The zero-order chi connectivity index (χ0) is 13.5. The molecule has 3 heteroatoms. The van der Waals surface area contributed by atoms with E-state index >= 15 is 0 Å². The van der Waals surface area contributed by atoms with Crippen molar-refractivity contribution in [1.29, 1.82) is 0 Å². The van der Waals surface area contributed by atoms with Crippen molar-refractivity contribution in [3.63, 3.8) is 0 Å². The molecule has 1 aromatic rings. The molecule has 18 heavy (non-hydrogen) atoms. The first kappa shape index (κ1) is 15.2. The molecule has 0 heterocycles. The lowest BCUT2D eigenvalue weighted by Crippen LogP contribution is -2.32. The minimum Gasteiger partial charge on any atom is -0.350 e. The van der Waals surface area contributed by atoms with Gasteiger partial charge in [0.05, 0.1) is 0 Å². The Hall–Kier alpha value is -0.830. The van der Waals surface area contributed by atoms with E-state index in [-0.39, 0.29) is 11.9 Å². The number of carbonyl (C=O) groups excluding carboxylic acids is 1. The van der Waals surface area contributed by atoms with Gasteiger partial charge in [-0.25, -0.2) is 0 Å². The quantitative estimate of drug-likeness (QED) is 0.772. The Bertz CT molecular complexity index is 403. The molecule has 0 saturated heterocycles. The van der Waals surface area contributed by atoms with E-state index in [0.717, 1.165) is 22.0 Å². The predicted molar refractivity (Wildman–Crippen MR) is 79.9 cm³/mol. The number of rotatable bonds is 6. The van der Waals surface area contributed by atoms with Crippen LogP contribution in [-0.4, -0.2) is 11.9 Å². The summed E-state index contributed by atoms with van der Waals surface area (Å²) in [5.41, 5.74) is 1.86. The van der Waals surface area contributed by atoms with Crippen LogP contribution >= 0.6 is 15.9 Å². The second kappa shape index (κ2) is 7.57. The van der Waals surface area contributed by atoms with Crippen molar-refractivity contribution < 1.29 is 4.79 Å². The number of hydrogen-bond donors (Lipinski definition) is 1. The molecule has 2 nitrogen and oxygen atoms in total. The number of amides is 1. The molecule has 1 N–H and O–H groups in total. The molecule has 100 valence electrons. The summed E-state index contributed by atoms with van der Waals surface area (Å²) >= 11 is 3.45. The van der Waals surface area contributed by atoms with Gasteiger partial charge in [0.15, 0.2) is 0 Å². The Morgan fingerprint density at radius 2 is 2.11 bits per heavy atom. The van der Waals surface area contributed by atoms with E-state index in [1.165, 1.54) is 19.3 Å². The molecule has 1 amide bonds. The van der Waals surface area contributed by atoms with E-state index < -0.39 is 0 Å². The number of aryl methyl sites for hydroxylation is 1. The molecule has 0 fully saturated rings. The molecule has 0 spiro atoms. The minimum absolute atomic E-state index is 0.0136. The summed E-state index contributed by atoms with van der Waals surface area (Å²) in [5, 5.41) is 3.04. The van der Waals surface area contributed by atoms with Crippen molar-refractivity contribution in [3.05, 3.63) is 33.8 Å². The topological polar surface area (TPSA) is 29.1 Å². The van der Waals surface area contributed by atoms with Crippen LogP contribution in [0.15, 0.2) is 22.7 Å². The molecule has 0 aliphatic heterocycles. The summed E-state index contributed by atoms with van der Waals surface area (Å²) in [5.74, 6) is 0.0136. The summed E-state index contributed by atoms with van der Waals surface area (Å²) in [7, 11) is 0. The monoisotopic (exact) mass is 311 g/mol. The van der Waals surface area contributed by atoms with E-state index in [9.17, 15) is 4.79 Å². The van der Waals surface area contributed by atoms with Crippen LogP contribution in [0, 0.1) is 6.92 Å². The molecule has 0 aliphatic rings. The number of carbonyl (C=O) groups is 1. The maximum absolute atomic E-state index is 12.0. The second-order valence-electron chi connectivity index (χ2n) is 4.83. The fraction of sp³-hybridized carbons (Fsp3) is 0.533. The number of nitrogens with one attached hydrogen (secondary N) is 1. The van der Waals surface area contributed by atoms with Crippen LogP contribution in [0.3, 0.4) is 0 Å². The van der Waals surface area contributed by atoms with E-state index in [0.29, 0.717) is 0 Å². The normalized spacial score (nSPS) is 12.2. The fourth-order valence-electron chi connectivity index (χ4n) is 1.81. The van der Waals surface area contributed by atoms with Gasteiger partial charge in [-0.2, -0.15) is 0 Å². The SMILES string of the molecule is CCCCCC(C)NC(=O)c1ccc(C)c(Br)c1. The molecule has 0 aliphatic carbocycles. The van der Waals surface area contributed by atoms with Crippen LogP contribution in [-0.2, 0) is 0 Å². The Labute approximate surface area is 118 Å². The van der Waals surface area contributed by atoms with Crippen molar-refractivity contribution >= 4 is 21.8 Å². The van der Waals surface area contributed by atoms with Crippen LogP contribution < -0.4 is 5.32 Å². The molecule has 0 bridgehead atoms. The van der Waals surface area contributed by atoms with Crippen LogP contribution in [0.1, 0.15) is 55.5 Å². The summed E-state index contributed by atoms with van der Waals surface area (Å²) in [6.45, 7) is 6.27. The maximum Gasteiger partial charge on any atom is 0.251 e. The van der Waals surface area contributed by atoms with Gasteiger partial charge < -0.3 is 5.32 Å². The smallest absolute Gasteiger partial charge is 0.251 e. The highest BCUT2D eigenvalue weighted by Crippen LogP contribution is 2.17. The van der Waals surface area contributed by atoms with E-state index in [1.54, 1.807) is 0 Å². The predicted octanol–water partition coefficient (Wildman–Crippen LogP) is 4.46. The molecule has 0 aromatic heterocycles. The van der Waals surface area contributed by atoms with Gasteiger partial charge in [0, 0.05) is 16.1 Å². The first-order chi connectivity index (χ1) is 8.54. The number of unbranched alkanes of at least 4 members (excludes halogenated alkanes) is 2. The van der Waals surface area contributed by atoms with Crippen LogP contribution in [0.5, 0.6) is 0 Å². The molecule has 0 saturated carbocycles. The maximum atomic E-state index is 12.0. The van der Waals surface area contributed by atoms with Gasteiger partial charge in [0.25, 0.3) is 5.91 Å². The number of halogens is 1.